The Kier molecular flexibility index (Phi) is 5.17. The summed E-state index contributed by atoms with van der Waals surface area (Å²) in [5, 5.41) is 4.05. The summed E-state index contributed by atoms with van der Waals surface area (Å²) < 4.78 is 26.8. The van der Waals surface area contributed by atoms with Crippen molar-refractivity contribution in [3.05, 3.63) is 51.1 Å². The predicted octanol–water partition coefficient (Wildman–Crippen LogP) is 1.25. The fourth-order valence-electron chi connectivity index (χ4n) is 1.99. The van der Waals surface area contributed by atoms with Crippen LogP contribution in [-0.2, 0) is 23.2 Å². The lowest BCUT2D eigenvalue weighted by Crippen LogP contribution is -2.30. The molecule has 8 heteroatoms. The van der Waals surface area contributed by atoms with Gasteiger partial charge >= 0.3 is 0 Å². The van der Waals surface area contributed by atoms with Gasteiger partial charge in [-0.3, -0.25) is 9.69 Å². The van der Waals surface area contributed by atoms with E-state index in [1.54, 1.807) is 11.3 Å². The van der Waals surface area contributed by atoms with Crippen LogP contribution in [0.4, 0.5) is 0 Å². The van der Waals surface area contributed by atoms with Gasteiger partial charge in [0.15, 0.2) is 0 Å². The first-order valence-electron chi connectivity index (χ1n) is 6.63. The molecule has 2 rings (SSSR count). The normalized spacial score (nSPS) is 12.2. The van der Waals surface area contributed by atoms with Crippen LogP contribution in [-0.4, -0.2) is 43.3 Å². The van der Waals surface area contributed by atoms with Crippen LogP contribution in [0.15, 0.2) is 44.8 Å². The Bertz CT molecular complexity index is 780. The quantitative estimate of drug-likeness (QED) is 0.793. The summed E-state index contributed by atoms with van der Waals surface area (Å²) in [4.78, 5) is 14.0. The maximum absolute atomic E-state index is 12.1. The molecule has 6 nitrogen and oxygen atoms in total. The molecular weight excluding hydrogens is 322 g/mol. The number of thiophene rings is 1. The zero-order valence-corrected chi connectivity index (χ0v) is 14.4. The lowest BCUT2D eigenvalue weighted by Gasteiger charge is -2.19. The summed E-state index contributed by atoms with van der Waals surface area (Å²) >= 11 is 1.62. The molecule has 2 aromatic rings. The molecule has 0 saturated heterocycles. The zero-order valence-electron chi connectivity index (χ0n) is 12.8. The molecule has 0 fully saturated rings. The maximum atomic E-state index is 12.1. The molecule has 0 radical (unpaired) electrons. The molecule has 0 amide bonds. The lowest BCUT2D eigenvalue weighted by atomic mass is 10.3. The summed E-state index contributed by atoms with van der Waals surface area (Å²) in [7, 11) is 1.27. The van der Waals surface area contributed by atoms with Gasteiger partial charge < -0.3 is 4.57 Å². The Morgan fingerprint density at radius 2 is 1.91 bits per heavy atom. The number of hydrogen-bond donors (Lipinski definition) is 0. The van der Waals surface area contributed by atoms with Gasteiger partial charge in [-0.2, -0.15) is 11.3 Å². The third-order valence-electron chi connectivity index (χ3n) is 3.16. The fraction of sp³-hybridized carbons (Fsp3) is 0.357. The molecule has 0 aliphatic carbocycles. The van der Waals surface area contributed by atoms with Crippen molar-refractivity contribution in [3.63, 3.8) is 0 Å². The van der Waals surface area contributed by atoms with Gasteiger partial charge in [-0.1, -0.05) is 0 Å². The number of sulfonamides is 1. The molecule has 0 aromatic carbocycles. The number of rotatable bonds is 6. The Labute approximate surface area is 134 Å². The van der Waals surface area contributed by atoms with Crippen molar-refractivity contribution in [2.24, 2.45) is 0 Å². The van der Waals surface area contributed by atoms with Gasteiger partial charge in [-0.15, -0.1) is 0 Å². The van der Waals surface area contributed by atoms with E-state index in [0.29, 0.717) is 13.2 Å². The molecule has 2 aromatic heterocycles. The van der Waals surface area contributed by atoms with E-state index < -0.39 is 10.0 Å². The second-order valence-electron chi connectivity index (χ2n) is 5.25. The Morgan fingerprint density at radius 1 is 1.18 bits per heavy atom. The number of nitrogens with zero attached hydrogens (tertiary/aromatic N) is 3. The Morgan fingerprint density at radius 3 is 2.50 bits per heavy atom. The molecule has 0 bridgehead atoms. The fourth-order valence-corrected chi connectivity index (χ4v) is 3.57. The summed E-state index contributed by atoms with van der Waals surface area (Å²) in [6.45, 7) is 1.02. The monoisotopic (exact) mass is 341 g/mol. The van der Waals surface area contributed by atoms with Gasteiger partial charge in [0.2, 0.25) is 10.0 Å². The van der Waals surface area contributed by atoms with Crippen molar-refractivity contribution in [2.45, 2.75) is 18.1 Å². The second kappa shape index (κ2) is 6.74. The van der Waals surface area contributed by atoms with Crippen LogP contribution < -0.4 is 5.56 Å². The van der Waals surface area contributed by atoms with Crippen molar-refractivity contribution >= 4 is 21.4 Å². The van der Waals surface area contributed by atoms with Crippen LogP contribution in [0.25, 0.3) is 0 Å². The van der Waals surface area contributed by atoms with Crippen molar-refractivity contribution in [3.8, 4) is 0 Å². The Balaban J connectivity index is 2.22. The average molecular weight is 341 g/mol. The third-order valence-corrected chi connectivity index (χ3v) is 5.69. The summed E-state index contributed by atoms with van der Waals surface area (Å²) in [6, 6.07) is 4.65. The smallest absolute Gasteiger partial charge is 0.251 e. The van der Waals surface area contributed by atoms with Crippen molar-refractivity contribution in [1.82, 2.24) is 13.8 Å². The summed E-state index contributed by atoms with van der Waals surface area (Å²) in [6.07, 6.45) is 1.39. The van der Waals surface area contributed by atoms with E-state index in [2.05, 4.69) is 0 Å². The molecule has 0 saturated carbocycles. The zero-order chi connectivity index (χ0) is 16.3. The van der Waals surface area contributed by atoms with E-state index in [4.69, 9.17) is 0 Å². The van der Waals surface area contributed by atoms with Crippen LogP contribution in [0, 0.1) is 0 Å². The lowest BCUT2D eigenvalue weighted by molar-refractivity contribution is 0.255. The van der Waals surface area contributed by atoms with Crippen LogP contribution in [0.5, 0.6) is 0 Å². The van der Waals surface area contributed by atoms with Crippen molar-refractivity contribution < 1.29 is 8.42 Å². The van der Waals surface area contributed by atoms with Crippen LogP contribution in [0.2, 0.25) is 0 Å². The van der Waals surface area contributed by atoms with Gasteiger partial charge in [0, 0.05) is 32.9 Å². The highest BCUT2D eigenvalue weighted by molar-refractivity contribution is 7.89. The molecule has 0 aliphatic heterocycles. The van der Waals surface area contributed by atoms with Crippen LogP contribution >= 0.6 is 11.3 Å². The maximum Gasteiger partial charge on any atom is 0.251 e. The molecule has 0 atom stereocenters. The molecule has 2 heterocycles. The molecule has 0 aliphatic rings. The highest BCUT2D eigenvalue weighted by atomic mass is 32.2. The van der Waals surface area contributed by atoms with E-state index >= 15 is 0 Å². The molecule has 22 heavy (non-hydrogen) atoms. The van der Waals surface area contributed by atoms with Gasteiger partial charge in [-0.05, 0) is 35.5 Å². The van der Waals surface area contributed by atoms with Gasteiger partial charge in [0.25, 0.3) is 5.56 Å². The van der Waals surface area contributed by atoms with Gasteiger partial charge in [0.1, 0.15) is 0 Å². The van der Waals surface area contributed by atoms with Gasteiger partial charge in [0.05, 0.1) is 11.6 Å². The number of aromatic nitrogens is 1. The third kappa shape index (κ3) is 3.83. The minimum Gasteiger partial charge on any atom is -0.301 e. The van der Waals surface area contributed by atoms with Crippen LogP contribution in [0.3, 0.4) is 0 Å². The van der Waals surface area contributed by atoms with E-state index in [9.17, 15) is 13.2 Å². The Hall–Kier alpha value is -1.48. The van der Waals surface area contributed by atoms with Gasteiger partial charge in [-0.25, -0.2) is 12.7 Å². The molecule has 0 unspecified atom stereocenters. The van der Waals surface area contributed by atoms with Crippen molar-refractivity contribution in [2.75, 3.05) is 21.1 Å². The van der Waals surface area contributed by atoms with Crippen molar-refractivity contribution in [1.29, 1.82) is 0 Å². The molecule has 0 N–H and O–H groups in total. The topological polar surface area (TPSA) is 62.6 Å². The highest BCUT2D eigenvalue weighted by Crippen LogP contribution is 2.12. The largest absolute Gasteiger partial charge is 0.301 e. The van der Waals surface area contributed by atoms with E-state index in [0.717, 1.165) is 9.87 Å². The van der Waals surface area contributed by atoms with E-state index in [-0.39, 0.29) is 10.5 Å². The first-order chi connectivity index (χ1) is 10.3. The van der Waals surface area contributed by atoms with E-state index in [1.165, 1.54) is 37.0 Å². The number of hydrogen-bond acceptors (Lipinski definition) is 5. The second-order valence-corrected chi connectivity index (χ2v) is 8.18. The predicted molar refractivity (Wildman–Crippen MR) is 87.4 cm³/mol. The number of pyridine rings is 1. The minimum absolute atomic E-state index is 0.112. The van der Waals surface area contributed by atoms with Crippen LogP contribution in [0.1, 0.15) is 5.56 Å². The SMILES string of the molecule is CN(Cc1ccsc1)Cn1cc(S(=O)(=O)N(C)C)ccc1=O. The van der Waals surface area contributed by atoms with E-state index in [1.807, 2.05) is 28.8 Å². The molecule has 0 spiro atoms. The summed E-state index contributed by atoms with van der Waals surface area (Å²) in [5.74, 6) is 0. The first kappa shape index (κ1) is 16.9. The average Bonchev–Trinajstić information content (AvgIpc) is 2.93. The minimum atomic E-state index is -3.55. The summed E-state index contributed by atoms with van der Waals surface area (Å²) in [5.41, 5.74) is 0.937. The molecular formula is C14H19N3O3S2. The highest BCUT2D eigenvalue weighted by Gasteiger charge is 2.18. The first-order valence-corrected chi connectivity index (χ1v) is 9.01. The molecule has 120 valence electrons. The standard InChI is InChI=1S/C14H19N3O3S2/c1-15(2)22(19,20)13-4-5-14(18)17(9-13)11-16(3)8-12-6-7-21-10-12/h4-7,9-10H,8,11H2,1-3H3.